The smallest absolute Gasteiger partial charge is 0.142 e. The lowest BCUT2D eigenvalue weighted by molar-refractivity contribution is 0.405. The van der Waals surface area contributed by atoms with Gasteiger partial charge in [0.25, 0.3) is 0 Å². The number of nitriles is 1. The predicted octanol–water partition coefficient (Wildman–Crippen LogP) is 2.90. The van der Waals surface area contributed by atoms with Gasteiger partial charge in [-0.05, 0) is 30.3 Å². The van der Waals surface area contributed by atoms with Crippen molar-refractivity contribution >= 4 is 17.1 Å². The van der Waals surface area contributed by atoms with E-state index in [2.05, 4.69) is 5.32 Å². The van der Waals surface area contributed by atoms with E-state index in [4.69, 9.17) is 20.5 Å². The van der Waals surface area contributed by atoms with Gasteiger partial charge in [-0.2, -0.15) is 5.26 Å². The summed E-state index contributed by atoms with van der Waals surface area (Å²) in [5, 5.41) is 12.0. The lowest BCUT2D eigenvalue weighted by Crippen LogP contribution is -1.99. The lowest BCUT2D eigenvalue weighted by atomic mass is 10.1. The quantitative estimate of drug-likeness (QED) is 0.834. The normalized spacial score (nSPS) is 9.65. The molecule has 5 nitrogen and oxygen atoms in total. The summed E-state index contributed by atoms with van der Waals surface area (Å²) in [4.78, 5) is 0. The number of methoxy groups -OCH3 is 2. The van der Waals surface area contributed by atoms with Crippen molar-refractivity contribution in [3.8, 4) is 17.6 Å². The van der Waals surface area contributed by atoms with Crippen LogP contribution in [0.25, 0.3) is 0 Å². The average Bonchev–Trinajstić information content (AvgIpc) is 2.49. The Balaban J connectivity index is 2.36. The Labute approximate surface area is 117 Å². The summed E-state index contributed by atoms with van der Waals surface area (Å²) in [5.74, 6) is 1.38. The van der Waals surface area contributed by atoms with Gasteiger partial charge in [0.2, 0.25) is 0 Å². The molecule has 0 amide bonds. The molecule has 102 valence electrons. The van der Waals surface area contributed by atoms with Gasteiger partial charge in [-0.25, -0.2) is 0 Å². The molecule has 0 fully saturated rings. The fourth-order valence-electron chi connectivity index (χ4n) is 1.80. The fourth-order valence-corrected chi connectivity index (χ4v) is 1.80. The first-order chi connectivity index (χ1) is 9.67. The highest BCUT2D eigenvalue weighted by molar-refractivity contribution is 5.77. The van der Waals surface area contributed by atoms with Gasteiger partial charge in [0.05, 0.1) is 42.9 Å². The van der Waals surface area contributed by atoms with Crippen molar-refractivity contribution in [2.24, 2.45) is 0 Å². The molecule has 2 rings (SSSR count). The summed E-state index contributed by atoms with van der Waals surface area (Å²) in [5.41, 5.74) is 8.38. The molecule has 0 aliphatic carbocycles. The molecule has 0 bridgehead atoms. The molecule has 0 atom stereocenters. The first-order valence-electron chi connectivity index (χ1n) is 5.96. The first kappa shape index (κ1) is 13.6. The van der Waals surface area contributed by atoms with Crippen molar-refractivity contribution in [3.05, 3.63) is 42.0 Å². The summed E-state index contributed by atoms with van der Waals surface area (Å²) in [6.07, 6.45) is 0. The van der Waals surface area contributed by atoms with E-state index in [1.165, 1.54) is 0 Å². The van der Waals surface area contributed by atoms with Gasteiger partial charge in [0.15, 0.2) is 0 Å². The monoisotopic (exact) mass is 269 g/mol. The highest BCUT2D eigenvalue weighted by Gasteiger charge is 2.07. The van der Waals surface area contributed by atoms with Crippen LogP contribution in [0.5, 0.6) is 11.5 Å². The number of nitrogens with zero attached hydrogens (tertiary/aromatic N) is 1. The number of benzene rings is 2. The SMILES string of the molecule is COc1ccc(OC)c(Nc2ccc(C#N)cc2N)c1. The molecule has 0 saturated heterocycles. The van der Waals surface area contributed by atoms with Crippen LogP contribution in [-0.2, 0) is 0 Å². The molecular formula is C15H15N3O2. The topological polar surface area (TPSA) is 80.3 Å². The maximum Gasteiger partial charge on any atom is 0.142 e. The van der Waals surface area contributed by atoms with Gasteiger partial charge in [-0.15, -0.1) is 0 Å². The van der Waals surface area contributed by atoms with Crippen LogP contribution in [0.3, 0.4) is 0 Å². The molecule has 20 heavy (non-hydrogen) atoms. The summed E-state index contributed by atoms with van der Waals surface area (Å²) < 4.78 is 10.5. The van der Waals surface area contributed by atoms with Crippen molar-refractivity contribution in [2.75, 3.05) is 25.3 Å². The molecular weight excluding hydrogens is 254 g/mol. The molecule has 3 N–H and O–H groups in total. The molecule has 5 heteroatoms. The van der Waals surface area contributed by atoms with Crippen LogP contribution in [0.2, 0.25) is 0 Å². The highest BCUT2D eigenvalue weighted by Crippen LogP contribution is 2.33. The highest BCUT2D eigenvalue weighted by atomic mass is 16.5. The van der Waals surface area contributed by atoms with Crippen LogP contribution in [0, 0.1) is 11.3 Å². The van der Waals surface area contributed by atoms with E-state index in [1.54, 1.807) is 38.5 Å². The number of rotatable bonds is 4. The Morgan fingerprint density at radius 2 is 1.85 bits per heavy atom. The molecule has 0 aliphatic rings. The van der Waals surface area contributed by atoms with Crippen LogP contribution >= 0.6 is 0 Å². The zero-order valence-electron chi connectivity index (χ0n) is 11.3. The van der Waals surface area contributed by atoms with Crippen molar-refractivity contribution in [2.45, 2.75) is 0 Å². The van der Waals surface area contributed by atoms with Gasteiger partial charge in [-0.1, -0.05) is 0 Å². The second-order valence-corrected chi connectivity index (χ2v) is 4.11. The number of ether oxygens (including phenoxy) is 2. The molecule has 0 unspecified atom stereocenters. The van der Waals surface area contributed by atoms with Crippen molar-refractivity contribution in [3.63, 3.8) is 0 Å². The number of hydrogen-bond donors (Lipinski definition) is 2. The Morgan fingerprint density at radius 3 is 2.45 bits per heavy atom. The van der Waals surface area contributed by atoms with Gasteiger partial charge >= 0.3 is 0 Å². The minimum Gasteiger partial charge on any atom is -0.497 e. The van der Waals surface area contributed by atoms with E-state index < -0.39 is 0 Å². The number of hydrogen-bond acceptors (Lipinski definition) is 5. The Hall–Kier alpha value is -2.87. The van der Waals surface area contributed by atoms with E-state index in [0.717, 1.165) is 5.69 Å². The van der Waals surface area contributed by atoms with Gasteiger partial charge in [0, 0.05) is 6.07 Å². The molecule has 0 spiro atoms. The largest absolute Gasteiger partial charge is 0.497 e. The second kappa shape index (κ2) is 5.85. The molecule has 0 saturated carbocycles. The van der Waals surface area contributed by atoms with E-state index >= 15 is 0 Å². The van der Waals surface area contributed by atoms with Crippen LogP contribution < -0.4 is 20.5 Å². The maximum absolute atomic E-state index is 8.83. The van der Waals surface area contributed by atoms with Crippen LogP contribution in [0.4, 0.5) is 17.1 Å². The Morgan fingerprint density at radius 1 is 1.05 bits per heavy atom. The average molecular weight is 269 g/mol. The van der Waals surface area contributed by atoms with Crippen LogP contribution in [-0.4, -0.2) is 14.2 Å². The molecule has 0 heterocycles. The first-order valence-corrected chi connectivity index (χ1v) is 5.96. The third-order valence-electron chi connectivity index (χ3n) is 2.86. The third kappa shape index (κ3) is 2.75. The van der Waals surface area contributed by atoms with E-state index in [0.29, 0.717) is 28.4 Å². The predicted molar refractivity (Wildman–Crippen MR) is 78.4 cm³/mol. The number of nitrogens with one attached hydrogen (secondary N) is 1. The van der Waals surface area contributed by atoms with Gasteiger partial charge in [0.1, 0.15) is 11.5 Å². The van der Waals surface area contributed by atoms with Crippen molar-refractivity contribution < 1.29 is 9.47 Å². The maximum atomic E-state index is 8.83. The minimum absolute atomic E-state index is 0.494. The molecule has 0 aromatic heterocycles. The number of nitrogens with two attached hydrogens (primary N) is 1. The second-order valence-electron chi connectivity index (χ2n) is 4.11. The van der Waals surface area contributed by atoms with Crippen LogP contribution in [0.15, 0.2) is 36.4 Å². The van der Waals surface area contributed by atoms with Crippen LogP contribution in [0.1, 0.15) is 5.56 Å². The summed E-state index contributed by atoms with van der Waals surface area (Å²) >= 11 is 0. The zero-order chi connectivity index (χ0) is 14.5. The summed E-state index contributed by atoms with van der Waals surface area (Å²) in [6, 6.07) is 12.6. The molecule has 2 aromatic rings. The molecule has 0 aliphatic heterocycles. The molecule has 2 aromatic carbocycles. The van der Waals surface area contributed by atoms with E-state index in [1.807, 2.05) is 18.2 Å². The van der Waals surface area contributed by atoms with Gasteiger partial charge in [-0.3, -0.25) is 0 Å². The fraction of sp³-hybridized carbons (Fsp3) is 0.133. The van der Waals surface area contributed by atoms with E-state index in [-0.39, 0.29) is 0 Å². The summed E-state index contributed by atoms with van der Waals surface area (Å²) in [6.45, 7) is 0. The van der Waals surface area contributed by atoms with Crippen molar-refractivity contribution in [1.82, 2.24) is 0 Å². The number of anilines is 3. The van der Waals surface area contributed by atoms with E-state index in [9.17, 15) is 0 Å². The molecule has 0 radical (unpaired) electrons. The van der Waals surface area contributed by atoms with Crippen molar-refractivity contribution in [1.29, 1.82) is 5.26 Å². The van der Waals surface area contributed by atoms with Gasteiger partial charge < -0.3 is 20.5 Å². The number of nitrogen functional groups attached to an aromatic ring is 1. The minimum atomic E-state index is 0.494. The zero-order valence-corrected chi connectivity index (χ0v) is 11.3. The summed E-state index contributed by atoms with van der Waals surface area (Å²) in [7, 11) is 3.19. The standard InChI is InChI=1S/C15H15N3O2/c1-19-11-4-6-15(20-2)14(8-11)18-13-5-3-10(9-16)7-12(13)17/h3-8,18H,17H2,1-2H3. The lowest BCUT2D eigenvalue weighted by Gasteiger charge is -2.14. The Bertz CT molecular complexity index is 663. The third-order valence-corrected chi connectivity index (χ3v) is 2.86. The Kier molecular flexibility index (Phi) is 3.96.